The van der Waals surface area contributed by atoms with E-state index in [1.54, 1.807) is 0 Å². The largest absolute Gasteiger partial charge is 0.481 e. The van der Waals surface area contributed by atoms with Crippen LogP contribution < -0.4 is 4.74 Å². The summed E-state index contributed by atoms with van der Waals surface area (Å²) in [6.45, 7) is -2.63. The number of aromatic nitrogens is 1. The summed E-state index contributed by atoms with van der Waals surface area (Å²) in [5, 5.41) is 0. The number of rotatable bonds is 1. The van der Waals surface area contributed by atoms with Crippen molar-refractivity contribution in [3.05, 3.63) is 22.3 Å². The van der Waals surface area contributed by atoms with E-state index < -0.39 is 37.5 Å². The Morgan fingerprint density at radius 1 is 1.90 bits per heavy atom. The number of ether oxygens (including phenoxy) is 1. The molecule has 1 aromatic rings. The highest BCUT2D eigenvalue weighted by atomic mass is 79.9. The standard InChI is InChI=1S/C7H8BrNO/c1-5-4-9-7(10-2)3-6(5)8/h3-4H,1-2H3/i1D3,2D3,3D,4D. The molecule has 0 aliphatic rings. The van der Waals surface area contributed by atoms with Crippen LogP contribution in [-0.4, -0.2) is 12.0 Å². The highest BCUT2D eigenvalue weighted by molar-refractivity contribution is 9.10. The topological polar surface area (TPSA) is 22.1 Å². The molecule has 0 spiro atoms. The maximum atomic E-state index is 7.58. The first kappa shape index (κ1) is 2.21. The molecule has 0 radical (unpaired) electrons. The molecular weight excluding hydrogens is 194 g/mol. The quantitative estimate of drug-likeness (QED) is 0.708. The van der Waals surface area contributed by atoms with E-state index in [0.29, 0.717) is 0 Å². The SMILES string of the molecule is [2H]c1nc(OC([2H])([2H])[2H])c([2H])c(Br)c1C([2H])([2H])[2H]. The van der Waals surface area contributed by atoms with Crippen molar-refractivity contribution in [3.8, 4) is 5.88 Å². The van der Waals surface area contributed by atoms with Crippen LogP contribution in [0.2, 0.25) is 0 Å². The van der Waals surface area contributed by atoms with Crippen LogP contribution in [0.4, 0.5) is 0 Å². The minimum atomic E-state index is -2.82. The van der Waals surface area contributed by atoms with Gasteiger partial charge in [-0.05, 0) is 12.4 Å². The van der Waals surface area contributed by atoms with Crippen molar-refractivity contribution in [3.63, 3.8) is 0 Å². The second kappa shape index (κ2) is 3.01. The molecule has 0 aromatic carbocycles. The smallest absolute Gasteiger partial charge is 0.214 e. The van der Waals surface area contributed by atoms with E-state index in [9.17, 15) is 0 Å². The first-order valence-electron chi connectivity index (χ1n) is 6.29. The summed E-state index contributed by atoms with van der Waals surface area (Å²) in [5.74, 6) is -0.611. The zero-order chi connectivity index (χ0) is 14.3. The Balaban J connectivity index is 3.38. The number of pyridine rings is 1. The summed E-state index contributed by atoms with van der Waals surface area (Å²) in [4.78, 5) is 3.39. The molecule has 0 saturated carbocycles. The van der Waals surface area contributed by atoms with Crippen LogP contribution in [0, 0.1) is 6.85 Å². The van der Waals surface area contributed by atoms with Crippen LogP contribution in [0.15, 0.2) is 16.7 Å². The van der Waals surface area contributed by atoms with Crippen molar-refractivity contribution < 1.29 is 15.7 Å². The van der Waals surface area contributed by atoms with Gasteiger partial charge in [0.05, 0.1) is 13.9 Å². The van der Waals surface area contributed by atoms with Gasteiger partial charge in [0.25, 0.3) is 0 Å². The zero-order valence-corrected chi connectivity index (χ0v) is 6.32. The summed E-state index contributed by atoms with van der Waals surface area (Å²) >= 11 is 2.85. The van der Waals surface area contributed by atoms with E-state index in [1.165, 1.54) is 0 Å². The van der Waals surface area contributed by atoms with Gasteiger partial charge in [0.2, 0.25) is 5.88 Å². The Hall–Kier alpha value is -0.570. The molecule has 1 heterocycles. The Morgan fingerprint density at radius 2 is 2.80 bits per heavy atom. The third-order valence-electron chi connectivity index (χ3n) is 0.802. The third-order valence-corrected chi connectivity index (χ3v) is 1.40. The zero-order valence-electron chi connectivity index (χ0n) is 12.7. The van der Waals surface area contributed by atoms with E-state index in [-0.39, 0.29) is 4.47 Å². The molecule has 2 nitrogen and oxygen atoms in total. The maximum Gasteiger partial charge on any atom is 0.214 e. The van der Waals surface area contributed by atoms with Gasteiger partial charge < -0.3 is 4.74 Å². The minimum absolute atomic E-state index is 0.221. The second-order valence-corrected chi connectivity index (χ2v) is 2.24. The van der Waals surface area contributed by atoms with Gasteiger partial charge in [-0.1, -0.05) is 15.9 Å². The molecule has 10 heavy (non-hydrogen) atoms. The monoisotopic (exact) mass is 209 g/mol. The Morgan fingerprint density at radius 3 is 3.50 bits per heavy atom. The van der Waals surface area contributed by atoms with Crippen molar-refractivity contribution in [2.75, 3.05) is 7.04 Å². The summed E-state index contributed by atoms with van der Waals surface area (Å²) in [5.41, 5.74) is -0.453. The summed E-state index contributed by atoms with van der Waals surface area (Å²) < 4.78 is 61.5. The number of hydrogen-bond acceptors (Lipinski definition) is 2. The van der Waals surface area contributed by atoms with Gasteiger partial charge >= 0.3 is 0 Å². The fraction of sp³-hybridized carbons (Fsp3) is 0.286. The molecule has 1 rings (SSSR count). The molecule has 0 atom stereocenters. The summed E-state index contributed by atoms with van der Waals surface area (Å²) in [6, 6.07) is -0.520. The van der Waals surface area contributed by atoms with Crippen molar-refractivity contribution in [2.45, 2.75) is 6.85 Å². The Bertz CT molecular complexity index is 468. The lowest BCUT2D eigenvalue weighted by Gasteiger charge is -1.99. The van der Waals surface area contributed by atoms with Gasteiger partial charge in [-0.25, -0.2) is 4.98 Å². The molecular formula is C7H8BrNO. The normalized spacial score (nSPS) is 23.7. The van der Waals surface area contributed by atoms with Crippen LogP contribution in [0.25, 0.3) is 0 Å². The predicted molar refractivity (Wildman–Crippen MR) is 43.2 cm³/mol. The van der Waals surface area contributed by atoms with Crippen LogP contribution in [-0.2, 0) is 0 Å². The molecule has 0 amide bonds. The molecule has 0 bridgehead atoms. The molecule has 0 saturated heterocycles. The van der Waals surface area contributed by atoms with Gasteiger partial charge in [0.1, 0.15) is 0 Å². The molecule has 0 unspecified atom stereocenters. The maximum absolute atomic E-state index is 7.58. The van der Waals surface area contributed by atoms with Crippen LogP contribution in [0.3, 0.4) is 0 Å². The number of methoxy groups -OCH3 is 1. The predicted octanol–water partition coefficient (Wildman–Crippen LogP) is 2.16. The third kappa shape index (κ3) is 1.48. The van der Waals surface area contributed by atoms with Crippen molar-refractivity contribution in [2.24, 2.45) is 0 Å². The summed E-state index contributed by atoms with van der Waals surface area (Å²) in [6.07, 6.45) is -0.655. The fourth-order valence-electron chi connectivity index (χ4n) is 0.388. The summed E-state index contributed by atoms with van der Waals surface area (Å²) in [7, 11) is -2.82. The highest BCUT2D eigenvalue weighted by Gasteiger charge is 1.96. The Kier molecular flexibility index (Phi) is 0.664. The molecule has 54 valence electrons. The number of hydrogen-bond donors (Lipinski definition) is 0. The number of halogens is 1. The van der Waals surface area contributed by atoms with Gasteiger partial charge in [0, 0.05) is 20.8 Å². The van der Waals surface area contributed by atoms with Crippen LogP contribution in [0.1, 0.15) is 16.5 Å². The minimum Gasteiger partial charge on any atom is -0.481 e. The van der Waals surface area contributed by atoms with Gasteiger partial charge in [-0.3, -0.25) is 0 Å². The van der Waals surface area contributed by atoms with Crippen molar-refractivity contribution in [1.82, 2.24) is 4.98 Å². The lowest BCUT2D eigenvalue weighted by Crippen LogP contribution is -1.87. The van der Waals surface area contributed by atoms with E-state index in [4.69, 9.17) is 11.0 Å². The molecule has 0 N–H and O–H groups in total. The van der Waals surface area contributed by atoms with Crippen LogP contribution >= 0.6 is 15.9 Å². The van der Waals surface area contributed by atoms with E-state index >= 15 is 0 Å². The second-order valence-electron chi connectivity index (χ2n) is 1.44. The molecule has 0 fully saturated rings. The molecule has 3 heteroatoms. The van der Waals surface area contributed by atoms with E-state index in [1.807, 2.05) is 0 Å². The van der Waals surface area contributed by atoms with Crippen LogP contribution in [0.5, 0.6) is 5.88 Å². The van der Waals surface area contributed by atoms with E-state index in [2.05, 4.69) is 25.7 Å². The van der Waals surface area contributed by atoms with E-state index in [0.717, 1.165) is 0 Å². The average molecular weight is 210 g/mol. The average Bonchev–Trinajstić information content (AvgIpc) is 2.08. The first-order chi connectivity index (χ1) is 7.93. The van der Waals surface area contributed by atoms with Crippen molar-refractivity contribution in [1.29, 1.82) is 0 Å². The first-order valence-corrected chi connectivity index (χ1v) is 3.09. The van der Waals surface area contributed by atoms with Gasteiger partial charge in [-0.2, -0.15) is 0 Å². The lowest BCUT2D eigenvalue weighted by atomic mass is 10.3. The Labute approximate surface area is 79.6 Å². The van der Waals surface area contributed by atoms with Crippen molar-refractivity contribution >= 4 is 15.9 Å². The molecule has 0 aliphatic heterocycles. The molecule has 1 aromatic heterocycles. The molecule has 0 aliphatic carbocycles. The highest BCUT2D eigenvalue weighted by Crippen LogP contribution is 2.18. The number of nitrogens with zero attached hydrogens (tertiary/aromatic N) is 1. The van der Waals surface area contributed by atoms with Gasteiger partial charge in [0.15, 0.2) is 0 Å². The van der Waals surface area contributed by atoms with Gasteiger partial charge in [-0.15, -0.1) is 0 Å². The lowest BCUT2D eigenvalue weighted by molar-refractivity contribution is 0.397. The fourth-order valence-corrected chi connectivity index (χ4v) is 0.647.